The molecule has 0 saturated carbocycles. The van der Waals surface area contributed by atoms with Gasteiger partial charge < -0.3 is 15.5 Å². The summed E-state index contributed by atoms with van der Waals surface area (Å²) < 4.78 is 67.9. The minimum atomic E-state index is -5.33. The van der Waals surface area contributed by atoms with Crippen LogP contribution in [0.3, 0.4) is 0 Å². The van der Waals surface area contributed by atoms with Crippen molar-refractivity contribution in [1.82, 2.24) is 9.71 Å². The Hall–Kier alpha value is -2.55. The molecule has 30 heavy (non-hydrogen) atoms. The number of aliphatic hydroxyl groups excluding tert-OH is 1. The van der Waals surface area contributed by atoms with Gasteiger partial charge in [0.25, 0.3) is 21.8 Å². The number of hydrogen-bond donors (Lipinski definition) is 4. The molecule has 0 aliphatic heterocycles. The molecule has 0 fully saturated rings. The van der Waals surface area contributed by atoms with E-state index in [2.05, 4.69) is 4.98 Å². The molecule has 4 N–H and O–H groups in total. The van der Waals surface area contributed by atoms with Crippen LogP contribution in [0.15, 0.2) is 27.9 Å². The molecule has 164 valence electrons. The summed E-state index contributed by atoms with van der Waals surface area (Å²) in [5.41, 5.74) is -5.67. The van der Waals surface area contributed by atoms with Crippen LogP contribution in [0.1, 0.15) is 35.5 Å². The fraction of sp³-hybridized carbons (Fsp3) is 0.312. The Morgan fingerprint density at radius 2 is 1.90 bits per heavy atom. The summed E-state index contributed by atoms with van der Waals surface area (Å²) in [5.74, 6) is -2.46. The third-order valence-electron chi connectivity index (χ3n) is 3.55. The number of thiophene rings is 1. The number of alkyl halides is 3. The lowest BCUT2D eigenvalue weighted by molar-refractivity contribution is -0.140. The lowest BCUT2D eigenvalue weighted by atomic mass is 10.1. The van der Waals surface area contributed by atoms with Crippen molar-refractivity contribution in [3.63, 3.8) is 0 Å². The molecular weight excluding hydrogens is 451 g/mol. The molecule has 0 saturated heterocycles. The van der Waals surface area contributed by atoms with Crippen molar-refractivity contribution >= 4 is 38.9 Å². The predicted octanol–water partition coefficient (Wildman–Crippen LogP) is 1.48. The summed E-state index contributed by atoms with van der Waals surface area (Å²) in [5, 5.41) is 21.9. The van der Waals surface area contributed by atoms with E-state index in [9.17, 15) is 41.4 Å². The molecular formula is C16H16F3N3O6S2. The van der Waals surface area contributed by atoms with Crippen molar-refractivity contribution in [1.29, 1.82) is 0 Å². The molecule has 0 aliphatic carbocycles. The maximum atomic E-state index is 13.7. The normalized spacial score (nSPS) is 12.5. The van der Waals surface area contributed by atoms with Gasteiger partial charge in [0.05, 0.1) is 23.6 Å². The zero-order valence-corrected chi connectivity index (χ0v) is 17.1. The number of pyridine rings is 1. The van der Waals surface area contributed by atoms with E-state index >= 15 is 0 Å². The van der Waals surface area contributed by atoms with Crippen LogP contribution in [0.2, 0.25) is 0 Å². The van der Waals surface area contributed by atoms with E-state index in [0.717, 1.165) is 25.2 Å². The number of halogens is 3. The maximum absolute atomic E-state index is 13.7. The lowest BCUT2D eigenvalue weighted by Gasteiger charge is -2.21. The van der Waals surface area contributed by atoms with Gasteiger partial charge in [-0.1, -0.05) is 0 Å². The van der Waals surface area contributed by atoms with Gasteiger partial charge >= 0.3 is 6.18 Å². The molecule has 2 amide bonds. The molecule has 2 aromatic rings. The molecule has 2 heterocycles. The molecule has 0 unspecified atom stereocenters. The van der Waals surface area contributed by atoms with Crippen LogP contribution in [0.4, 0.5) is 18.9 Å². The Balaban J connectivity index is 2.66. The average Bonchev–Trinajstić information content (AvgIpc) is 3.13. The van der Waals surface area contributed by atoms with Crippen molar-refractivity contribution in [2.45, 2.75) is 37.3 Å². The minimum absolute atomic E-state index is 0.106. The standard InChI is InChI=1S/C16H16F3N3O6S2/c1-15(2,26)14(25)21-10-5-9(6-23)20-13(11(10)16(17,18)19)30(27,28)22-12(24)8-3-4-29-7-8/h3-5,7,23,26H,6H2,1-2H3,(H,22,24)(H,20,21,25). The van der Waals surface area contributed by atoms with Crippen molar-refractivity contribution < 1.29 is 41.4 Å². The van der Waals surface area contributed by atoms with Gasteiger partial charge in [0.1, 0.15) is 11.2 Å². The fourth-order valence-electron chi connectivity index (χ4n) is 2.12. The number of hydrogen-bond acceptors (Lipinski definition) is 8. The molecule has 2 rings (SSSR count). The Morgan fingerprint density at radius 3 is 2.37 bits per heavy atom. The SMILES string of the molecule is CC(C)(O)C(=O)Nc1cc(CO)nc(S(=O)(=O)NC(=O)c2ccsc2)c1C(F)(F)F. The molecule has 2 aromatic heterocycles. The topological polar surface area (TPSA) is 146 Å². The second-order valence-electron chi connectivity index (χ2n) is 6.46. The highest BCUT2D eigenvalue weighted by Gasteiger charge is 2.43. The van der Waals surface area contributed by atoms with Crippen LogP contribution in [0.25, 0.3) is 0 Å². The third kappa shape index (κ3) is 5.33. The number of amides is 2. The Morgan fingerprint density at radius 1 is 1.27 bits per heavy atom. The number of rotatable bonds is 6. The van der Waals surface area contributed by atoms with Gasteiger partial charge in [0.2, 0.25) is 0 Å². The molecule has 0 radical (unpaired) electrons. The van der Waals surface area contributed by atoms with Gasteiger partial charge in [-0.05, 0) is 31.4 Å². The van der Waals surface area contributed by atoms with Gasteiger partial charge in [0.15, 0.2) is 5.03 Å². The van der Waals surface area contributed by atoms with Gasteiger partial charge in [-0.3, -0.25) is 9.59 Å². The minimum Gasteiger partial charge on any atom is -0.390 e. The zero-order valence-electron chi connectivity index (χ0n) is 15.4. The summed E-state index contributed by atoms with van der Waals surface area (Å²) in [6, 6.07) is 1.87. The van der Waals surface area contributed by atoms with Gasteiger partial charge in [-0.2, -0.15) is 32.9 Å². The second kappa shape index (κ2) is 8.29. The first-order valence-corrected chi connectivity index (χ1v) is 10.4. The van der Waals surface area contributed by atoms with E-state index in [1.54, 1.807) is 5.32 Å². The van der Waals surface area contributed by atoms with Crippen LogP contribution >= 0.6 is 11.3 Å². The molecule has 0 atom stereocenters. The van der Waals surface area contributed by atoms with E-state index in [1.807, 2.05) is 0 Å². The van der Waals surface area contributed by atoms with Crippen LogP contribution in [-0.4, -0.2) is 41.0 Å². The van der Waals surface area contributed by atoms with E-state index < -0.39 is 62.2 Å². The van der Waals surface area contributed by atoms with Crippen molar-refractivity contribution in [2.24, 2.45) is 0 Å². The van der Waals surface area contributed by atoms with Crippen molar-refractivity contribution in [3.8, 4) is 0 Å². The van der Waals surface area contributed by atoms with Crippen molar-refractivity contribution in [3.05, 3.63) is 39.7 Å². The highest BCUT2D eigenvalue weighted by Crippen LogP contribution is 2.39. The summed E-state index contributed by atoms with van der Waals surface area (Å²) in [6.07, 6.45) is -5.33. The first kappa shape index (κ1) is 23.7. The Kier molecular flexibility index (Phi) is 6.56. The first-order valence-electron chi connectivity index (χ1n) is 8.02. The van der Waals surface area contributed by atoms with E-state index in [1.165, 1.54) is 21.5 Å². The van der Waals surface area contributed by atoms with E-state index in [4.69, 9.17) is 0 Å². The largest absolute Gasteiger partial charge is 0.421 e. The second-order valence-corrected chi connectivity index (χ2v) is 8.83. The molecule has 9 nitrogen and oxygen atoms in total. The third-order valence-corrected chi connectivity index (χ3v) is 5.50. The molecule has 0 spiro atoms. The van der Waals surface area contributed by atoms with Gasteiger partial charge in [0, 0.05) is 5.38 Å². The first-order chi connectivity index (χ1) is 13.7. The number of nitrogens with one attached hydrogen (secondary N) is 2. The summed E-state index contributed by atoms with van der Waals surface area (Å²) in [7, 11) is -5.18. The average molecular weight is 467 g/mol. The predicted molar refractivity (Wildman–Crippen MR) is 99.1 cm³/mol. The number of carbonyl (C=O) groups excluding carboxylic acids is 2. The highest BCUT2D eigenvalue weighted by atomic mass is 32.2. The van der Waals surface area contributed by atoms with Gasteiger partial charge in [-0.15, -0.1) is 0 Å². The molecule has 0 bridgehead atoms. The summed E-state index contributed by atoms with van der Waals surface area (Å²) in [6.45, 7) is 1.04. The van der Waals surface area contributed by atoms with Crippen LogP contribution in [0.5, 0.6) is 0 Å². The summed E-state index contributed by atoms with van der Waals surface area (Å²) in [4.78, 5) is 27.3. The number of nitrogens with zero attached hydrogens (tertiary/aromatic N) is 1. The van der Waals surface area contributed by atoms with Crippen molar-refractivity contribution in [2.75, 3.05) is 5.32 Å². The smallest absolute Gasteiger partial charge is 0.390 e. The number of aliphatic hydroxyl groups is 2. The lowest BCUT2D eigenvalue weighted by Crippen LogP contribution is -2.38. The Labute approximate surface area is 172 Å². The molecule has 0 aromatic carbocycles. The van der Waals surface area contributed by atoms with Gasteiger partial charge in [-0.25, -0.2) is 9.71 Å². The monoisotopic (exact) mass is 467 g/mol. The molecule has 0 aliphatic rings. The summed E-state index contributed by atoms with van der Waals surface area (Å²) >= 11 is 1.06. The van der Waals surface area contributed by atoms with Crippen LogP contribution in [-0.2, 0) is 27.6 Å². The fourth-order valence-corrected chi connectivity index (χ4v) is 3.95. The maximum Gasteiger partial charge on any atom is 0.421 e. The number of anilines is 1. The highest BCUT2D eigenvalue weighted by molar-refractivity contribution is 7.90. The van der Waals surface area contributed by atoms with E-state index in [0.29, 0.717) is 6.07 Å². The number of aromatic nitrogens is 1. The quantitative estimate of drug-likeness (QED) is 0.503. The van der Waals surface area contributed by atoms with E-state index in [-0.39, 0.29) is 5.56 Å². The molecule has 14 heteroatoms. The van der Waals surface area contributed by atoms with Crippen LogP contribution < -0.4 is 10.0 Å². The van der Waals surface area contributed by atoms with Crippen LogP contribution in [0, 0.1) is 0 Å². The number of sulfonamides is 1. The zero-order chi connectivity index (χ0) is 22.9. The Bertz CT molecular complexity index is 1060. The number of carbonyl (C=O) groups is 2.